The Hall–Kier alpha value is -2.53. The van der Waals surface area contributed by atoms with Crippen molar-refractivity contribution >= 4 is 39.9 Å². The number of aromatic nitrogens is 2. The number of benzene rings is 2. The normalized spacial score (nSPS) is 10.8. The number of hydrogen-bond donors (Lipinski definition) is 1. The van der Waals surface area contributed by atoms with Gasteiger partial charge < -0.3 is 14.8 Å². The van der Waals surface area contributed by atoms with E-state index in [-0.39, 0.29) is 5.91 Å². The summed E-state index contributed by atoms with van der Waals surface area (Å²) in [6.07, 6.45) is 0. The lowest BCUT2D eigenvalue weighted by Crippen LogP contribution is -2.22. The number of amides is 1. The molecule has 1 heterocycles. The SMILES string of the molecule is CC(=O)N(C)c1ccc(NCc2nc3cc(Cl)ccc3n2C)cc1. The first-order chi connectivity index (χ1) is 11.5. The molecule has 0 aliphatic carbocycles. The predicted octanol–water partition coefficient (Wildman–Crippen LogP) is 3.82. The third-order valence-corrected chi connectivity index (χ3v) is 4.35. The topological polar surface area (TPSA) is 50.2 Å². The van der Waals surface area contributed by atoms with Crippen LogP contribution in [0.5, 0.6) is 0 Å². The number of nitrogens with zero attached hydrogens (tertiary/aromatic N) is 3. The Morgan fingerprint density at radius 1 is 1.25 bits per heavy atom. The van der Waals surface area contributed by atoms with Crippen LogP contribution in [0.2, 0.25) is 5.02 Å². The van der Waals surface area contributed by atoms with Gasteiger partial charge in [0.05, 0.1) is 17.6 Å². The highest BCUT2D eigenvalue weighted by Crippen LogP contribution is 2.21. The summed E-state index contributed by atoms with van der Waals surface area (Å²) in [4.78, 5) is 17.6. The Morgan fingerprint density at radius 3 is 2.62 bits per heavy atom. The van der Waals surface area contributed by atoms with Gasteiger partial charge in [0.2, 0.25) is 5.91 Å². The van der Waals surface area contributed by atoms with Gasteiger partial charge in [0, 0.05) is 37.4 Å². The average Bonchev–Trinajstić information content (AvgIpc) is 2.88. The summed E-state index contributed by atoms with van der Waals surface area (Å²) < 4.78 is 2.05. The highest BCUT2D eigenvalue weighted by Gasteiger charge is 2.08. The number of carbonyl (C=O) groups is 1. The van der Waals surface area contributed by atoms with Crippen molar-refractivity contribution in [3.05, 3.63) is 53.3 Å². The van der Waals surface area contributed by atoms with Crippen LogP contribution in [0.25, 0.3) is 11.0 Å². The molecule has 24 heavy (non-hydrogen) atoms. The Balaban J connectivity index is 1.74. The zero-order chi connectivity index (χ0) is 17.3. The Bertz CT molecular complexity index is 886. The lowest BCUT2D eigenvalue weighted by molar-refractivity contribution is -0.116. The second-order valence-electron chi connectivity index (χ2n) is 5.70. The van der Waals surface area contributed by atoms with E-state index in [1.807, 2.05) is 49.5 Å². The summed E-state index contributed by atoms with van der Waals surface area (Å²) >= 11 is 6.02. The van der Waals surface area contributed by atoms with E-state index in [1.165, 1.54) is 0 Å². The number of imidazole rings is 1. The van der Waals surface area contributed by atoms with Gasteiger partial charge in [-0.1, -0.05) is 11.6 Å². The Labute approximate surface area is 145 Å². The number of carbonyl (C=O) groups excluding carboxylic acids is 1. The molecule has 3 rings (SSSR count). The van der Waals surface area contributed by atoms with Gasteiger partial charge >= 0.3 is 0 Å². The molecule has 124 valence electrons. The molecule has 0 unspecified atom stereocenters. The largest absolute Gasteiger partial charge is 0.378 e. The Morgan fingerprint density at radius 2 is 1.96 bits per heavy atom. The van der Waals surface area contributed by atoms with Gasteiger partial charge in [-0.2, -0.15) is 0 Å². The minimum absolute atomic E-state index is 0.00840. The number of fused-ring (bicyclic) bond motifs is 1. The van der Waals surface area contributed by atoms with Gasteiger partial charge in [0.15, 0.2) is 0 Å². The molecule has 1 aromatic heterocycles. The monoisotopic (exact) mass is 342 g/mol. The van der Waals surface area contributed by atoms with Crippen molar-refractivity contribution in [2.45, 2.75) is 13.5 Å². The molecule has 0 spiro atoms. The van der Waals surface area contributed by atoms with Crippen LogP contribution in [0.1, 0.15) is 12.7 Å². The second kappa shape index (κ2) is 6.53. The van der Waals surface area contributed by atoms with Crippen molar-refractivity contribution in [2.24, 2.45) is 7.05 Å². The number of anilines is 2. The van der Waals surface area contributed by atoms with Crippen molar-refractivity contribution < 1.29 is 4.79 Å². The molecule has 0 radical (unpaired) electrons. The fourth-order valence-electron chi connectivity index (χ4n) is 2.55. The van der Waals surface area contributed by atoms with Gasteiger partial charge in [0.25, 0.3) is 0 Å². The molecule has 0 atom stereocenters. The summed E-state index contributed by atoms with van der Waals surface area (Å²) in [7, 11) is 3.75. The van der Waals surface area contributed by atoms with Crippen molar-refractivity contribution in [1.29, 1.82) is 0 Å². The summed E-state index contributed by atoms with van der Waals surface area (Å²) in [6, 6.07) is 13.4. The highest BCUT2D eigenvalue weighted by molar-refractivity contribution is 6.31. The summed E-state index contributed by atoms with van der Waals surface area (Å²) in [5.41, 5.74) is 3.78. The van der Waals surface area contributed by atoms with E-state index >= 15 is 0 Å². The van der Waals surface area contributed by atoms with E-state index < -0.39 is 0 Å². The quantitative estimate of drug-likeness (QED) is 0.784. The molecule has 0 aliphatic rings. The van der Waals surface area contributed by atoms with E-state index in [4.69, 9.17) is 11.6 Å². The minimum Gasteiger partial charge on any atom is -0.378 e. The van der Waals surface area contributed by atoms with Crippen LogP contribution >= 0.6 is 11.6 Å². The average molecular weight is 343 g/mol. The number of nitrogens with one attached hydrogen (secondary N) is 1. The molecule has 2 aromatic carbocycles. The smallest absolute Gasteiger partial charge is 0.223 e. The number of rotatable bonds is 4. The molecule has 5 nitrogen and oxygen atoms in total. The maximum absolute atomic E-state index is 11.4. The lowest BCUT2D eigenvalue weighted by Gasteiger charge is -2.15. The van der Waals surface area contributed by atoms with E-state index in [0.29, 0.717) is 11.6 Å². The first kappa shape index (κ1) is 16.3. The van der Waals surface area contributed by atoms with Gasteiger partial charge in [-0.3, -0.25) is 4.79 Å². The van der Waals surface area contributed by atoms with E-state index in [0.717, 1.165) is 28.2 Å². The molecule has 6 heteroatoms. The third-order valence-electron chi connectivity index (χ3n) is 4.11. The van der Waals surface area contributed by atoms with Crippen LogP contribution in [-0.2, 0) is 18.4 Å². The molecule has 0 saturated heterocycles. The first-order valence-corrected chi connectivity index (χ1v) is 8.02. The van der Waals surface area contributed by atoms with E-state index in [9.17, 15) is 4.79 Å². The molecule has 0 bridgehead atoms. The fraction of sp³-hybridized carbons (Fsp3) is 0.222. The van der Waals surface area contributed by atoms with Crippen LogP contribution in [0, 0.1) is 0 Å². The minimum atomic E-state index is 0.00840. The molecular formula is C18H19ClN4O. The molecular weight excluding hydrogens is 324 g/mol. The first-order valence-electron chi connectivity index (χ1n) is 7.65. The van der Waals surface area contributed by atoms with Crippen molar-refractivity contribution in [3.63, 3.8) is 0 Å². The zero-order valence-electron chi connectivity index (χ0n) is 13.9. The summed E-state index contributed by atoms with van der Waals surface area (Å²) in [5, 5.41) is 4.04. The highest BCUT2D eigenvalue weighted by atomic mass is 35.5. The van der Waals surface area contributed by atoms with Crippen LogP contribution in [0.3, 0.4) is 0 Å². The standard InChI is InChI=1S/C18H19ClN4O/c1-12(24)22(2)15-7-5-14(6-8-15)20-11-18-21-16-10-13(19)4-9-17(16)23(18)3/h4-10,20H,11H2,1-3H3. The summed E-state index contributed by atoms with van der Waals surface area (Å²) in [6.45, 7) is 2.15. The van der Waals surface area contributed by atoms with E-state index in [2.05, 4.69) is 14.9 Å². The van der Waals surface area contributed by atoms with Gasteiger partial charge in [-0.15, -0.1) is 0 Å². The van der Waals surface area contributed by atoms with Gasteiger partial charge in [-0.05, 0) is 42.5 Å². The number of aryl methyl sites for hydroxylation is 1. The van der Waals surface area contributed by atoms with Crippen LogP contribution in [-0.4, -0.2) is 22.5 Å². The van der Waals surface area contributed by atoms with E-state index in [1.54, 1.807) is 18.9 Å². The van der Waals surface area contributed by atoms with Crippen LogP contribution in [0.15, 0.2) is 42.5 Å². The van der Waals surface area contributed by atoms with Gasteiger partial charge in [0.1, 0.15) is 5.82 Å². The third kappa shape index (κ3) is 3.21. The molecule has 1 amide bonds. The summed E-state index contributed by atoms with van der Waals surface area (Å²) in [5.74, 6) is 0.936. The van der Waals surface area contributed by atoms with Crippen LogP contribution in [0.4, 0.5) is 11.4 Å². The predicted molar refractivity (Wildman–Crippen MR) is 98.6 cm³/mol. The Kier molecular flexibility index (Phi) is 4.44. The number of hydrogen-bond acceptors (Lipinski definition) is 3. The molecule has 0 aliphatic heterocycles. The maximum Gasteiger partial charge on any atom is 0.223 e. The molecule has 3 aromatic rings. The lowest BCUT2D eigenvalue weighted by atomic mass is 10.2. The van der Waals surface area contributed by atoms with Crippen molar-refractivity contribution in [2.75, 3.05) is 17.3 Å². The van der Waals surface area contributed by atoms with Crippen LogP contribution < -0.4 is 10.2 Å². The number of halogens is 1. The van der Waals surface area contributed by atoms with Gasteiger partial charge in [-0.25, -0.2) is 4.98 Å². The van der Waals surface area contributed by atoms with Crippen molar-refractivity contribution in [3.8, 4) is 0 Å². The molecule has 0 saturated carbocycles. The molecule has 1 N–H and O–H groups in total. The fourth-order valence-corrected chi connectivity index (χ4v) is 2.71. The zero-order valence-corrected chi connectivity index (χ0v) is 14.6. The van der Waals surface area contributed by atoms with Crippen molar-refractivity contribution in [1.82, 2.24) is 9.55 Å². The molecule has 0 fully saturated rings. The maximum atomic E-state index is 11.4. The second-order valence-corrected chi connectivity index (χ2v) is 6.13.